The van der Waals surface area contributed by atoms with Crippen LogP contribution in [0.4, 0.5) is 0 Å². The van der Waals surface area contributed by atoms with Crippen LogP contribution in [0.1, 0.15) is 43.7 Å². The van der Waals surface area contributed by atoms with Crippen LogP contribution in [0.3, 0.4) is 0 Å². The summed E-state index contributed by atoms with van der Waals surface area (Å²) < 4.78 is 27.8. The molecule has 0 saturated carbocycles. The van der Waals surface area contributed by atoms with Gasteiger partial charge in [0.15, 0.2) is 10.4 Å². The van der Waals surface area contributed by atoms with E-state index >= 15 is 0 Å². The first-order valence-corrected chi connectivity index (χ1v) is 9.80. The maximum atomic E-state index is 12.4. The molecule has 0 N–H and O–H groups in total. The van der Waals surface area contributed by atoms with Gasteiger partial charge in [0.1, 0.15) is 4.90 Å². The van der Waals surface area contributed by atoms with Crippen LogP contribution in [0.15, 0.2) is 20.0 Å². The number of rotatable bonds is 3. The SMILES string of the molecule is CCC1(C)CCN(C(=O)c2cc(S(=O)(=O)Cl)c(Br)o2)CC1. The minimum absolute atomic E-state index is 0.0128. The first kappa shape index (κ1) is 16.8. The molecule has 0 aliphatic carbocycles. The molecule has 8 heteroatoms. The average Bonchev–Trinajstić information content (AvgIpc) is 2.81. The predicted octanol–water partition coefficient (Wildman–Crippen LogP) is 3.62. The highest BCUT2D eigenvalue weighted by Gasteiger charge is 2.32. The molecule has 1 aliphatic heterocycles. The zero-order valence-corrected chi connectivity index (χ0v) is 15.0. The molecule has 0 atom stereocenters. The van der Waals surface area contributed by atoms with E-state index in [9.17, 15) is 13.2 Å². The second kappa shape index (κ2) is 5.93. The lowest BCUT2D eigenvalue weighted by Crippen LogP contribution is -2.41. The van der Waals surface area contributed by atoms with Crippen molar-refractivity contribution >= 4 is 41.6 Å². The standard InChI is InChI=1S/C13H17BrClNO4S/c1-3-13(2)4-6-16(7-5-13)12(17)9-8-10(11(14)20-9)21(15,18)19/h8H,3-7H2,1-2H3. The van der Waals surface area contributed by atoms with Gasteiger partial charge >= 0.3 is 0 Å². The molecular formula is C13H17BrClNO4S. The van der Waals surface area contributed by atoms with E-state index in [1.807, 2.05) is 0 Å². The number of carbonyl (C=O) groups is 1. The van der Waals surface area contributed by atoms with Crippen LogP contribution >= 0.6 is 26.6 Å². The third-order valence-electron chi connectivity index (χ3n) is 4.24. The van der Waals surface area contributed by atoms with Gasteiger partial charge in [-0.05, 0) is 34.2 Å². The number of likely N-dealkylation sites (tertiary alicyclic amines) is 1. The number of piperidine rings is 1. The van der Waals surface area contributed by atoms with Crippen molar-refractivity contribution in [3.8, 4) is 0 Å². The molecule has 118 valence electrons. The van der Waals surface area contributed by atoms with Gasteiger partial charge < -0.3 is 9.32 Å². The van der Waals surface area contributed by atoms with E-state index in [-0.39, 0.29) is 26.6 Å². The van der Waals surface area contributed by atoms with Crippen molar-refractivity contribution < 1.29 is 17.6 Å². The maximum Gasteiger partial charge on any atom is 0.289 e. The molecule has 5 nitrogen and oxygen atoms in total. The molecule has 0 bridgehead atoms. The largest absolute Gasteiger partial charge is 0.443 e. The quantitative estimate of drug-likeness (QED) is 0.729. The van der Waals surface area contributed by atoms with Crippen LogP contribution in [0.25, 0.3) is 0 Å². The minimum atomic E-state index is -3.94. The molecule has 1 aromatic heterocycles. The number of nitrogens with zero attached hydrogens (tertiary/aromatic N) is 1. The predicted molar refractivity (Wildman–Crippen MR) is 83.0 cm³/mol. The van der Waals surface area contributed by atoms with Crippen molar-refractivity contribution in [3.63, 3.8) is 0 Å². The zero-order chi connectivity index (χ0) is 15.8. The summed E-state index contributed by atoms with van der Waals surface area (Å²) >= 11 is 2.97. The molecule has 1 amide bonds. The molecule has 0 aromatic carbocycles. The fourth-order valence-corrected chi connectivity index (χ4v) is 4.42. The Bertz CT molecular complexity index is 647. The van der Waals surface area contributed by atoms with Crippen molar-refractivity contribution in [2.75, 3.05) is 13.1 Å². The Morgan fingerprint density at radius 3 is 2.48 bits per heavy atom. The molecule has 1 fully saturated rings. The van der Waals surface area contributed by atoms with E-state index in [0.717, 1.165) is 19.3 Å². The van der Waals surface area contributed by atoms with Crippen molar-refractivity contribution in [2.24, 2.45) is 5.41 Å². The smallest absolute Gasteiger partial charge is 0.289 e. The first-order valence-electron chi connectivity index (χ1n) is 6.69. The Hall–Kier alpha value is -0.530. The number of hydrogen-bond acceptors (Lipinski definition) is 4. The molecule has 0 spiro atoms. The summed E-state index contributed by atoms with van der Waals surface area (Å²) in [6.07, 6.45) is 2.94. The fourth-order valence-electron chi connectivity index (χ4n) is 2.38. The summed E-state index contributed by atoms with van der Waals surface area (Å²) in [5.41, 5.74) is 0.269. The fraction of sp³-hybridized carbons (Fsp3) is 0.615. The van der Waals surface area contributed by atoms with Gasteiger partial charge in [0.05, 0.1) is 0 Å². The summed E-state index contributed by atoms with van der Waals surface area (Å²) in [6, 6.07) is 1.17. The van der Waals surface area contributed by atoms with E-state index in [1.165, 1.54) is 6.07 Å². The molecule has 0 radical (unpaired) electrons. The van der Waals surface area contributed by atoms with Gasteiger partial charge in [-0.2, -0.15) is 0 Å². The highest BCUT2D eigenvalue weighted by molar-refractivity contribution is 9.10. The summed E-state index contributed by atoms with van der Waals surface area (Å²) in [5.74, 6) is -0.318. The lowest BCUT2D eigenvalue weighted by molar-refractivity contribution is 0.0568. The van der Waals surface area contributed by atoms with Gasteiger partial charge in [0, 0.05) is 29.8 Å². The van der Waals surface area contributed by atoms with Crippen LogP contribution in [0, 0.1) is 5.41 Å². The lowest BCUT2D eigenvalue weighted by Gasteiger charge is -2.38. The molecule has 21 heavy (non-hydrogen) atoms. The summed E-state index contributed by atoms with van der Waals surface area (Å²) in [5, 5.41) is 0. The number of furan rings is 1. The molecule has 0 unspecified atom stereocenters. The molecule has 1 saturated heterocycles. The van der Waals surface area contributed by atoms with Gasteiger partial charge in [-0.15, -0.1) is 0 Å². The Morgan fingerprint density at radius 2 is 2.05 bits per heavy atom. The van der Waals surface area contributed by atoms with Crippen molar-refractivity contribution in [3.05, 3.63) is 16.5 Å². The summed E-state index contributed by atoms with van der Waals surface area (Å²) in [4.78, 5) is 13.8. The molecule has 2 rings (SSSR count). The Kier molecular flexibility index (Phi) is 4.75. The number of hydrogen-bond donors (Lipinski definition) is 0. The molecule has 2 heterocycles. The topological polar surface area (TPSA) is 67.6 Å². The maximum absolute atomic E-state index is 12.4. The number of amides is 1. The first-order chi connectivity index (χ1) is 9.66. The summed E-state index contributed by atoms with van der Waals surface area (Å²) in [6.45, 7) is 5.66. The average molecular weight is 399 g/mol. The second-order valence-corrected chi connectivity index (χ2v) is 8.90. The van der Waals surface area contributed by atoms with Crippen LogP contribution in [-0.2, 0) is 9.05 Å². The number of carbonyl (C=O) groups excluding carboxylic acids is 1. The van der Waals surface area contributed by atoms with Crippen LogP contribution in [0.5, 0.6) is 0 Å². The van der Waals surface area contributed by atoms with Crippen molar-refractivity contribution in [1.82, 2.24) is 4.90 Å². The van der Waals surface area contributed by atoms with E-state index < -0.39 is 9.05 Å². The zero-order valence-electron chi connectivity index (χ0n) is 11.9. The van der Waals surface area contributed by atoms with E-state index in [2.05, 4.69) is 29.8 Å². The van der Waals surface area contributed by atoms with E-state index in [1.54, 1.807) is 4.90 Å². The third kappa shape index (κ3) is 3.63. The van der Waals surface area contributed by atoms with Gasteiger partial charge in [-0.3, -0.25) is 4.79 Å². The Labute approximate surface area is 137 Å². The van der Waals surface area contributed by atoms with Gasteiger partial charge in [-0.25, -0.2) is 8.42 Å². The minimum Gasteiger partial charge on any atom is -0.443 e. The van der Waals surface area contributed by atoms with Crippen LogP contribution in [-0.4, -0.2) is 32.3 Å². The monoisotopic (exact) mass is 397 g/mol. The molecule has 1 aliphatic rings. The van der Waals surface area contributed by atoms with E-state index in [4.69, 9.17) is 15.1 Å². The van der Waals surface area contributed by atoms with E-state index in [0.29, 0.717) is 13.1 Å². The highest BCUT2D eigenvalue weighted by atomic mass is 79.9. The molecule has 1 aromatic rings. The lowest BCUT2D eigenvalue weighted by atomic mass is 9.78. The normalized spacial score (nSPS) is 18.8. The van der Waals surface area contributed by atoms with Crippen molar-refractivity contribution in [2.45, 2.75) is 38.0 Å². The van der Waals surface area contributed by atoms with Gasteiger partial charge in [-0.1, -0.05) is 20.3 Å². The van der Waals surface area contributed by atoms with Crippen molar-refractivity contribution in [1.29, 1.82) is 0 Å². The summed E-state index contributed by atoms with van der Waals surface area (Å²) in [7, 11) is 1.34. The Balaban J connectivity index is 2.16. The van der Waals surface area contributed by atoms with Crippen LogP contribution < -0.4 is 0 Å². The molecular weight excluding hydrogens is 382 g/mol. The second-order valence-electron chi connectivity index (χ2n) is 5.64. The number of halogens is 2. The highest BCUT2D eigenvalue weighted by Crippen LogP contribution is 2.35. The van der Waals surface area contributed by atoms with Crippen LogP contribution in [0.2, 0.25) is 0 Å². The van der Waals surface area contributed by atoms with Gasteiger partial charge in [0.2, 0.25) is 0 Å². The third-order valence-corrected chi connectivity index (χ3v) is 6.42. The van der Waals surface area contributed by atoms with Gasteiger partial charge in [0.25, 0.3) is 15.0 Å². The Morgan fingerprint density at radius 1 is 1.48 bits per heavy atom.